The number of nitrogens with one attached hydrogen (secondary N) is 2. The van der Waals surface area contributed by atoms with E-state index >= 15 is 0 Å². The average molecular weight is 346 g/mol. The average Bonchev–Trinajstić information content (AvgIpc) is 3.09. The quantitative estimate of drug-likeness (QED) is 0.342. The van der Waals surface area contributed by atoms with Crippen molar-refractivity contribution in [3.63, 3.8) is 0 Å². The number of carbonyl (C=O) groups excluding carboxylic acids is 1. The molecule has 0 saturated carbocycles. The van der Waals surface area contributed by atoms with Gasteiger partial charge < -0.3 is 20.3 Å². The van der Waals surface area contributed by atoms with Crippen molar-refractivity contribution in [3.8, 4) is 0 Å². The molecule has 25 heavy (non-hydrogen) atoms. The van der Waals surface area contributed by atoms with Gasteiger partial charge in [0.15, 0.2) is 5.96 Å². The van der Waals surface area contributed by atoms with Crippen molar-refractivity contribution in [2.75, 3.05) is 38.7 Å². The lowest BCUT2D eigenvalue weighted by atomic mass is 10.2. The predicted molar refractivity (Wildman–Crippen MR) is 102 cm³/mol. The highest BCUT2D eigenvalue weighted by molar-refractivity contribution is 5.80. The van der Waals surface area contributed by atoms with Crippen LogP contribution in [0.4, 0.5) is 5.69 Å². The molecule has 0 radical (unpaired) electrons. The maximum absolute atomic E-state index is 11.1. The Morgan fingerprint density at radius 2 is 2.08 bits per heavy atom. The summed E-state index contributed by atoms with van der Waals surface area (Å²) in [5.74, 6) is 0.679. The first-order valence-electron chi connectivity index (χ1n) is 8.98. The number of esters is 1. The van der Waals surface area contributed by atoms with Gasteiger partial charge in [-0.1, -0.05) is 17.7 Å². The van der Waals surface area contributed by atoms with Crippen molar-refractivity contribution >= 4 is 17.6 Å². The van der Waals surface area contributed by atoms with Gasteiger partial charge in [-0.05, 0) is 38.3 Å². The molecule has 0 spiro atoms. The molecule has 2 N–H and O–H groups in total. The van der Waals surface area contributed by atoms with Crippen LogP contribution in [0.25, 0.3) is 0 Å². The van der Waals surface area contributed by atoms with E-state index in [0.29, 0.717) is 12.5 Å². The number of aliphatic imine (C=N–C) groups is 1. The molecule has 0 bridgehead atoms. The van der Waals surface area contributed by atoms with Gasteiger partial charge in [-0.3, -0.25) is 9.79 Å². The molecule has 6 heteroatoms. The Morgan fingerprint density at radius 1 is 1.32 bits per heavy atom. The third-order valence-electron chi connectivity index (χ3n) is 4.48. The Bertz CT molecular complexity index is 571. The monoisotopic (exact) mass is 346 g/mol. The van der Waals surface area contributed by atoms with Crippen molar-refractivity contribution in [2.24, 2.45) is 4.99 Å². The molecule has 1 saturated heterocycles. The third-order valence-corrected chi connectivity index (χ3v) is 4.48. The summed E-state index contributed by atoms with van der Waals surface area (Å²) < 4.78 is 4.64. The van der Waals surface area contributed by atoms with E-state index in [2.05, 4.69) is 56.5 Å². The van der Waals surface area contributed by atoms with E-state index in [1.165, 1.54) is 18.4 Å². The first kappa shape index (κ1) is 19.1. The van der Waals surface area contributed by atoms with Crippen LogP contribution in [-0.4, -0.2) is 51.8 Å². The summed E-state index contributed by atoms with van der Waals surface area (Å²) in [6.45, 7) is 4.94. The molecule has 0 aromatic heterocycles. The first-order valence-corrected chi connectivity index (χ1v) is 8.98. The topological polar surface area (TPSA) is 66.0 Å². The molecule has 1 heterocycles. The van der Waals surface area contributed by atoms with Crippen LogP contribution in [0, 0.1) is 6.92 Å². The normalized spacial score (nSPS) is 17.5. The summed E-state index contributed by atoms with van der Waals surface area (Å²) in [4.78, 5) is 17.8. The first-order chi connectivity index (χ1) is 12.1. The van der Waals surface area contributed by atoms with Crippen LogP contribution in [0.5, 0.6) is 0 Å². The van der Waals surface area contributed by atoms with Crippen LogP contribution in [0.15, 0.2) is 29.3 Å². The van der Waals surface area contributed by atoms with Gasteiger partial charge in [0.25, 0.3) is 0 Å². The molecule has 6 nitrogen and oxygen atoms in total. The maximum atomic E-state index is 11.1. The molecule has 1 atom stereocenters. The summed E-state index contributed by atoms with van der Waals surface area (Å²) in [5, 5.41) is 6.81. The molecule has 138 valence electrons. The van der Waals surface area contributed by atoms with Crippen LogP contribution < -0.4 is 15.5 Å². The lowest BCUT2D eigenvalue weighted by Crippen LogP contribution is -2.44. The van der Waals surface area contributed by atoms with E-state index in [1.54, 1.807) is 7.05 Å². The van der Waals surface area contributed by atoms with Gasteiger partial charge >= 0.3 is 5.97 Å². The van der Waals surface area contributed by atoms with Gasteiger partial charge in [-0.15, -0.1) is 0 Å². The highest BCUT2D eigenvalue weighted by atomic mass is 16.5. The summed E-state index contributed by atoms with van der Waals surface area (Å²) in [6, 6.07) is 9.08. The summed E-state index contributed by atoms with van der Waals surface area (Å²) in [7, 11) is 3.21. The molecule has 1 fully saturated rings. The molecule has 1 aliphatic heterocycles. The second kappa shape index (κ2) is 9.91. The number of ether oxygens (including phenoxy) is 1. The van der Waals surface area contributed by atoms with Crippen LogP contribution in [0.2, 0.25) is 0 Å². The van der Waals surface area contributed by atoms with Crippen molar-refractivity contribution in [1.29, 1.82) is 0 Å². The van der Waals surface area contributed by atoms with Gasteiger partial charge in [0, 0.05) is 44.8 Å². The van der Waals surface area contributed by atoms with E-state index in [9.17, 15) is 4.79 Å². The molecule has 1 aromatic rings. The minimum atomic E-state index is -0.148. The number of methoxy groups -OCH3 is 1. The molecule has 1 aromatic carbocycles. The van der Waals surface area contributed by atoms with Gasteiger partial charge in [-0.25, -0.2) is 0 Å². The number of nitrogens with zero attached hydrogens (tertiary/aromatic N) is 2. The van der Waals surface area contributed by atoms with Gasteiger partial charge in [0.1, 0.15) is 0 Å². The Hall–Kier alpha value is -2.24. The molecular formula is C19H30N4O2. The van der Waals surface area contributed by atoms with Gasteiger partial charge in [0.2, 0.25) is 0 Å². The molecular weight excluding hydrogens is 316 g/mol. The zero-order valence-electron chi connectivity index (χ0n) is 15.5. The maximum Gasteiger partial charge on any atom is 0.305 e. The number of aryl methyl sites for hydroxylation is 1. The standard InChI is InChI=1S/C19H30N4O2/c1-15-7-9-17(10-8-15)23-13-11-16(14-23)22-19(20-2)21-12-5-4-6-18(24)25-3/h7-10,16H,4-6,11-14H2,1-3H3,(H2,20,21,22). The minimum Gasteiger partial charge on any atom is -0.469 e. The van der Waals surface area contributed by atoms with Crippen molar-refractivity contribution < 1.29 is 9.53 Å². The number of guanidine groups is 1. The Labute approximate surface area is 150 Å². The highest BCUT2D eigenvalue weighted by Gasteiger charge is 2.23. The number of hydrogen-bond donors (Lipinski definition) is 2. The second-order valence-electron chi connectivity index (χ2n) is 6.44. The van der Waals surface area contributed by atoms with E-state index < -0.39 is 0 Å². The Kier molecular flexibility index (Phi) is 7.57. The summed E-state index contributed by atoms with van der Waals surface area (Å²) in [6.07, 6.45) is 3.30. The van der Waals surface area contributed by atoms with Gasteiger partial charge in [-0.2, -0.15) is 0 Å². The molecule has 1 aliphatic rings. The fourth-order valence-corrected chi connectivity index (χ4v) is 2.96. The fourth-order valence-electron chi connectivity index (χ4n) is 2.96. The van der Waals surface area contributed by atoms with Crippen molar-refractivity contribution in [3.05, 3.63) is 29.8 Å². The Balaban J connectivity index is 1.69. The number of unbranched alkanes of at least 4 members (excludes halogenated alkanes) is 1. The predicted octanol–water partition coefficient (Wildman–Crippen LogP) is 2.08. The highest BCUT2D eigenvalue weighted by Crippen LogP contribution is 2.20. The lowest BCUT2D eigenvalue weighted by molar-refractivity contribution is -0.140. The number of benzene rings is 1. The zero-order chi connectivity index (χ0) is 18.1. The largest absolute Gasteiger partial charge is 0.469 e. The van der Waals surface area contributed by atoms with Crippen LogP contribution >= 0.6 is 0 Å². The van der Waals surface area contributed by atoms with E-state index in [1.807, 2.05) is 0 Å². The van der Waals surface area contributed by atoms with E-state index in [0.717, 1.165) is 44.9 Å². The number of carbonyl (C=O) groups is 1. The van der Waals surface area contributed by atoms with E-state index in [-0.39, 0.29) is 5.97 Å². The van der Waals surface area contributed by atoms with Crippen LogP contribution in [0.1, 0.15) is 31.2 Å². The third kappa shape index (κ3) is 6.29. The van der Waals surface area contributed by atoms with Crippen LogP contribution in [-0.2, 0) is 9.53 Å². The number of anilines is 1. The SMILES string of the molecule is CN=C(NCCCCC(=O)OC)NC1CCN(c2ccc(C)cc2)C1. The minimum absolute atomic E-state index is 0.148. The fraction of sp³-hybridized carbons (Fsp3) is 0.579. The van der Waals surface area contributed by atoms with Crippen molar-refractivity contribution in [1.82, 2.24) is 10.6 Å². The molecule has 2 rings (SSSR count). The van der Waals surface area contributed by atoms with Crippen molar-refractivity contribution in [2.45, 2.75) is 38.6 Å². The van der Waals surface area contributed by atoms with Gasteiger partial charge in [0.05, 0.1) is 7.11 Å². The van der Waals surface area contributed by atoms with E-state index in [4.69, 9.17) is 0 Å². The van der Waals surface area contributed by atoms with Crippen LogP contribution in [0.3, 0.4) is 0 Å². The lowest BCUT2D eigenvalue weighted by Gasteiger charge is -2.20. The zero-order valence-corrected chi connectivity index (χ0v) is 15.5. The Morgan fingerprint density at radius 3 is 2.76 bits per heavy atom. The molecule has 0 aliphatic carbocycles. The smallest absolute Gasteiger partial charge is 0.305 e. The number of rotatable bonds is 7. The molecule has 0 amide bonds. The molecule has 1 unspecified atom stereocenters. The summed E-state index contributed by atoms with van der Waals surface area (Å²) >= 11 is 0. The summed E-state index contributed by atoms with van der Waals surface area (Å²) in [5.41, 5.74) is 2.56. The number of hydrogen-bond acceptors (Lipinski definition) is 4. The second-order valence-corrected chi connectivity index (χ2v) is 6.44.